The van der Waals surface area contributed by atoms with Crippen molar-refractivity contribution in [2.45, 2.75) is 19.3 Å². The molecule has 60 valence electrons. The van der Waals surface area contributed by atoms with E-state index in [9.17, 15) is 4.79 Å². The average molecular weight is 154 g/mol. The second-order valence-electron chi connectivity index (χ2n) is 2.87. The van der Waals surface area contributed by atoms with E-state index >= 15 is 0 Å². The third kappa shape index (κ3) is 1.39. The molecule has 0 atom stereocenters. The molecule has 0 saturated carbocycles. The zero-order valence-corrected chi connectivity index (χ0v) is 6.55. The summed E-state index contributed by atoms with van der Waals surface area (Å²) in [6.07, 6.45) is 1.70. The fourth-order valence-electron chi connectivity index (χ4n) is 0.605. The normalized spacial score (nSPS) is 11.5. The molecule has 1 N–H and O–H groups in total. The molecule has 0 amide bonds. The smallest absolute Gasteiger partial charge is 0.296 e. The van der Waals surface area contributed by atoms with Crippen molar-refractivity contribution in [3.8, 4) is 0 Å². The number of aromatic amines is 1. The third-order valence-electron chi connectivity index (χ3n) is 1.56. The number of allylic oxidation sites excluding steroid dienone is 1. The van der Waals surface area contributed by atoms with Crippen molar-refractivity contribution < 1.29 is 4.52 Å². The van der Waals surface area contributed by atoms with Crippen molar-refractivity contribution in [3.63, 3.8) is 0 Å². The Balaban J connectivity index is 3.11. The maximum atomic E-state index is 10.5. The second-order valence-corrected chi connectivity index (χ2v) is 2.87. The van der Waals surface area contributed by atoms with E-state index in [-0.39, 0.29) is 5.41 Å². The topological polar surface area (TPSA) is 58.9 Å². The molecule has 0 unspecified atom stereocenters. The van der Waals surface area contributed by atoms with Gasteiger partial charge in [-0.1, -0.05) is 11.2 Å². The number of rotatable bonds is 2. The zero-order valence-electron chi connectivity index (χ0n) is 6.55. The molecular formula is C7H10N2O2. The lowest BCUT2D eigenvalue weighted by molar-refractivity contribution is 0.374. The Hall–Kier alpha value is -1.32. The highest BCUT2D eigenvalue weighted by molar-refractivity contribution is 5.10. The van der Waals surface area contributed by atoms with Gasteiger partial charge < -0.3 is 0 Å². The molecule has 1 aromatic rings. The number of hydrogen-bond donors (Lipinski definition) is 1. The van der Waals surface area contributed by atoms with Gasteiger partial charge in [0.25, 0.3) is 0 Å². The number of nitrogens with one attached hydrogen (secondary N) is 1. The Bertz CT molecular complexity index is 308. The van der Waals surface area contributed by atoms with Crippen LogP contribution in [0.1, 0.15) is 19.7 Å². The van der Waals surface area contributed by atoms with Gasteiger partial charge in [-0.2, -0.15) is 0 Å². The largest absolute Gasteiger partial charge is 0.438 e. The molecule has 0 radical (unpaired) electrons. The monoisotopic (exact) mass is 154 g/mol. The highest BCUT2D eigenvalue weighted by Gasteiger charge is 2.20. The van der Waals surface area contributed by atoms with Crippen molar-refractivity contribution >= 4 is 0 Å². The fourth-order valence-corrected chi connectivity index (χ4v) is 0.605. The summed E-state index contributed by atoms with van der Waals surface area (Å²) in [5.74, 6) is -0.0348. The van der Waals surface area contributed by atoms with Gasteiger partial charge in [-0.05, 0) is 13.8 Å². The molecule has 4 nitrogen and oxygen atoms in total. The van der Waals surface area contributed by atoms with Gasteiger partial charge in [-0.3, -0.25) is 9.51 Å². The van der Waals surface area contributed by atoms with Gasteiger partial charge in [-0.25, -0.2) is 4.79 Å². The third-order valence-corrected chi connectivity index (χ3v) is 1.56. The van der Waals surface area contributed by atoms with E-state index in [1.165, 1.54) is 0 Å². The van der Waals surface area contributed by atoms with Crippen LogP contribution in [0.5, 0.6) is 0 Å². The summed E-state index contributed by atoms with van der Waals surface area (Å²) < 4.78 is 4.34. The van der Waals surface area contributed by atoms with Gasteiger partial charge in [0.05, 0.1) is 0 Å². The van der Waals surface area contributed by atoms with Gasteiger partial charge in [0.2, 0.25) is 0 Å². The second kappa shape index (κ2) is 2.38. The number of nitrogens with zero attached hydrogens (tertiary/aromatic N) is 1. The maximum absolute atomic E-state index is 10.5. The van der Waals surface area contributed by atoms with E-state index in [0.717, 1.165) is 0 Å². The summed E-state index contributed by atoms with van der Waals surface area (Å²) in [5.41, 5.74) is -0.341. The predicted molar refractivity (Wildman–Crippen MR) is 40.3 cm³/mol. The van der Waals surface area contributed by atoms with Crippen LogP contribution >= 0.6 is 0 Å². The molecule has 0 bridgehead atoms. The van der Waals surface area contributed by atoms with Crippen LogP contribution in [-0.4, -0.2) is 10.1 Å². The zero-order chi connectivity index (χ0) is 8.48. The molecular weight excluding hydrogens is 144 g/mol. The van der Waals surface area contributed by atoms with E-state index in [1.54, 1.807) is 6.08 Å². The lowest BCUT2D eigenvalue weighted by atomic mass is 9.93. The van der Waals surface area contributed by atoms with Gasteiger partial charge in [0, 0.05) is 5.41 Å². The summed E-state index contributed by atoms with van der Waals surface area (Å²) in [7, 11) is 0. The van der Waals surface area contributed by atoms with E-state index in [0.29, 0.717) is 5.82 Å². The molecule has 0 aliphatic heterocycles. The van der Waals surface area contributed by atoms with E-state index in [2.05, 4.69) is 21.2 Å². The summed E-state index contributed by atoms with van der Waals surface area (Å²) in [6, 6.07) is 0. The highest BCUT2D eigenvalue weighted by atomic mass is 16.5. The van der Waals surface area contributed by atoms with Crippen LogP contribution in [0, 0.1) is 0 Å². The molecule has 1 aromatic heterocycles. The standard InChI is InChI=1S/C7H10N2O2/c1-4-7(2,3)5-8-6(10)11-9-5/h4H,1H2,2-3H3,(H,8,9,10). The van der Waals surface area contributed by atoms with E-state index in [1.807, 2.05) is 13.8 Å². The molecule has 0 aromatic carbocycles. The minimum Gasteiger partial charge on any atom is -0.296 e. The Morgan fingerprint density at radius 2 is 2.36 bits per heavy atom. The van der Waals surface area contributed by atoms with Crippen molar-refractivity contribution in [3.05, 3.63) is 29.0 Å². The number of hydrogen-bond acceptors (Lipinski definition) is 3. The maximum Gasteiger partial charge on any atom is 0.438 e. The van der Waals surface area contributed by atoms with Gasteiger partial charge in [-0.15, -0.1) is 6.58 Å². The van der Waals surface area contributed by atoms with Crippen LogP contribution in [-0.2, 0) is 5.41 Å². The summed E-state index contributed by atoms with van der Waals surface area (Å²) in [5, 5.41) is 3.54. The van der Waals surface area contributed by atoms with E-state index in [4.69, 9.17) is 0 Å². The molecule has 0 aliphatic rings. The predicted octanol–water partition coefficient (Wildman–Crippen LogP) is 0.827. The first-order valence-corrected chi connectivity index (χ1v) is 3.26. The number of aromatic nitrogens is 2. The Kier molecular flexibility index (Phi) is 1.68. The Morgan fingerprint density at radius 1 is 1.73 bits per heavy atom. The molecule has 0 fully saturated rings. The first-order valence-electron chi connectivity index (χ1n) is 3.26. The van der Waals surface area contributed by atoms with Crippen LogP contribution in [0.25, 0.3) is 0 Å². The Morgan fingerprint density at radius 3 is 2.73 bits per heavy atom. The minimum atomic E-state index is -0.532. The van der Waals surface area contributed by atoms with Crippen LogP contribution in [0.4, 0.5) is 0 Å². The highest BCUT2D eigenvalue weighted by Crippen LogP contribution is 2.18. The molecule has 4 heteroatoms. The summed E-state index contributed by atoms with van der Waals surface area (Å²) >= 11 is 0. The molecule has 11 heavy (non-hydrogen) atoms. The van der Waals surface area contributed by atoms with Gasteiger partial charge in [0.1, 0.15) is 0 Å². The van der Waals surface area contributed by atoms with Crippen molar-refractivity contribution in [2.24, 2.45) is 0 Å². The SMILES string of the molecule is C=CC(C)(C)c1noc(=O)[nH]1. The number of H-pyrrole nitrogens is 1. The summed E-state index contributed by atoms with van der Waals surface area (Å²) in [6.45, 7) is 7.38. The van der Waals surface area contributed by atoms with E-state index < -0.39 is 5.76 Å². The molecule has 1 rings (SSSR count). The first kappa shape index (κ1) is 7.78. The van der Waals surface area contributed by atoms with Crippen LogP contribution < -0.4 is 5.76 Å². The quantitative estimate of drug-likeness (QED) is 0.642. The molecule has 0 saturated heterocycles. The summed E-state index contributed by atoms with van der Waals surface area (Å²) in [4.78, 5) is 13.0. The molecule has 0 aliphatic carbocycles. The van der Waals surface area contributed by atoms with Crippen LogP contribution in [0.2, 0.25) is 0 Å². The van der Waals surface area contributed by atoms with Crippen LogP contribution in [0.15, 0.2) is 22.0 Å². The van der Waals surface area contributed by atoms with Crippen molar-refractivity contribution in [1.82, 2.24) is 10.1 Å². The Labute approximate surface area is 63.9 Å². The van der Waals surface area contributed by atoms with Gasteiger partial charge in [0.15, 0.2) is 5.82 Å². The average Bonchev–Trinajstić information content (AvgIpc) is 2.36. The molecule has 0 spiro atoms. The van der Waals surface area contributed by atoms with Crippen LogP contribution in [0.3, 0.4) is 0 Å². The van der Waals surface area contributed by atoms with Crippen molar-refractivity contribution in [1.29, 1.82) is 0 Å². The minimum absolute atomic E-state index is 0.341. The fraction of sp³-hybridized carbons (Fsp3) is 0.429. The van der Waals surface area contributed by atoms with Crippen molar-refractivity contribution in [2.75, 3.05) is 0 Å². The lowest BCUT2D eigenvalue weighted by Crippen LogP contribution is -2.16. The first-order chi connectivity index (χ1) is 5.06. The molecule has 1 heterocycles. The lowest BCUT2D eigenvalue weighted by Gasteiger charge is -2.13. The van der Waals surface area contributed by atoms with Gasteiger partial charge >= 0.3 is 5.76 Å².